The molecule has 0 spiro atoms. The van der Waals surface area contributed by atoms with Crippen molar-refractivity contribution in [3.63, 3.8) is 0 Å². The Morgan fingerprint density at radius 3 is 2.27 bits per heavy atom. The molecule has 3 fully saturated rings. The largest absolute Gasteiger partial charge is 0.507 e. The second kappa shape index (κ2) is 12.8. The van der Waals surface area contributed by atoms with Crippen molar-refractivity contribution in [2.75, 3.05) is 13.7 Å². The molecular formula is C21H42N6O10. The van der Waals surface area contributed by atoms with Gasteiger partial charge in [0.25, 0.3) is 0 Å². The van der Waals surface area contributed by atoms with Gasteiger partial charge in [0, 0.05) is 18.7 Å². The molecule has 0 aromatic heterocycles. The molecule has 1 saturated carbocycles. The molecule has 2 saturated heterocycles. The van der Waals surface area contributed by atoms with Gasteiger partial charge in [-0.05, 0) is 26.3 Å². The maximum Gasteiger partial charge on any atom is 0.220 e. The van der Waals surface area contributed by atoms with Crippen LogP contribution in [0.25, 0.3) is 0 Å². The van der Waals surface area contributed by atoms with E-state index in [1.807, 2.05) is 0 Å². The third-order valence-corrected chi connectivity index (χ3v) is 7.17. The van der Waals surface area contributed by atoms with Crippen LogP contribution in [-0.4, -0.2) is 130 Å². The first-order valence-corrected chi connectivity index (χ1v) is 12.2. The van der Waals surface area contributed by atoms with Crippen LogP contribution in [0.5, 0.6) is 0 Å². The molecule has 1 aliphatic carbocycles. The molecule has 3 aliphatic rings. The molecule has 16 nitrogen and oxygen atoms in total. The molecule has 3 rings (SSSR count). The van der Waals surface area contributed by atoms with Crippen molar-refractivity contribution in [3.8, 4) is 0 Å². The first-order valence-electron chi connectivity index (χ1n) is 12.2. The summed E-state index contributed by atoms with van der Waals surface area (Å²) < 4.78 is 23.2. The summed E-state index contributed by atoms with van der Waals surface area (Å²) in [5.74, 6) is -1.71. The summed E-state index contributed by atoms with van der Waals surface area (Å²) in [6, 6.07) is -4.85. The fourth-order valence-corrected chi connectivity index (χ4v) is 4.95. The number of ether oxygens (including phenoxy) is 4. The Morgan fingerprint density at radius 2 is 1.65 bits per heavy atom. The van der Waals surface area contributed by atoms with E-state index in [1.54, 1.807) is 0 Å². The number of fused-ring (bicyclic) bond motifs is 1. The molecule has 14 atom stereocenters. The lowest BCUT2D eigenvalue weighted by Crippen LogP contribution is -2.70. The molecular weight excluding hydrogens is 496 g/mol. The van der Waals surface area contributed by atoms with E-state index in [0.29, 0.717) is 0 Å². The number of hydrogen-bond acceptors (Lipinski definition) is 16. The standard InChI is InChI=1S/C21H42N6O10/c1-27-12-15(31)18-10(34-21(12)37-19(33)16(32)14(30)6(22)2-3-28)5-9(25)20(36-18)35-17-8(24)4-7(23)13(29)11(17)26/h6-13,15,17-21,27-33H,2-5,22-26H2,1H3/b16-14-/t6-,7-,8?,9?,10+,11?,12?,13?,15?,17-,18?,19-,20+,21?/m1/s1. The van der Waals surface area contributed by atoms with Crippen LogP contribution >= 0.6 is 0 Å². The van der Waals surface area contributed by atoms with Gasteiger partial charge < -0.3 is 83.6 Å². The SMILES string of the molecule is CNC1C(O[C@@H](O)/C(O)=C(/O)[C@H](N)CCO)O[C@H]2CC(N)[C@@H](O[C@@H]3C(N)C[C@@H](N)C(O)C3N)OC2C1O. The van der Waals surface area contributed by atoms with Gasteiger partial charge >= 0.3 is 0 Å². The summed E-state index contributed by atoms with van der Waals surface area (Å²) in [7, 11) is 1.51. The zero-order valence-electron chi connectivity index (χ0n) is 20.6. The Hall–Kier alpha value is -1.22. The van der Waals surface area contributed by atoms with Crippen LogP contribution in [0, 0.1) is 0 Å². The van der Waals surface area contributed by atoms with Crippen LogP contribution < -0.4 is 34.0 Å². The van der Waals surface area contributed by atoms with Crippen molar-refractivity contribution >= 4 is 0 Å². The van der Waals surface area contributed by atoms with Crippen LogP contribution in [-0.2, 0) is 18.9 Å². The van der Waals surface area contributed by atoms with Crippen molar-refractivity contribution in [2.24, 2.45) is 28.7 Å². The summed E-state index contributed by atoms with van der Waals surface area (Å²) in [5, 5.41) is 63.5. The smallest absolute Gasteiger partial charge is 0.220 e. The van der Waals surface area contributed by atoms with Gasteiger partial charge in [-0.3, -0.25) is 0 Å². The maximum absolute atomic E-state index is 11.0. The summed E-state index contributed by atoms with van der Waals surface area (Å²) in [6.07, 6.45) is -8.81. The number of nitrogens with two attached hydrogens (primary N) is 5. The number of likely N-dealkylation sites (N-methyl/N-ethyl adjacent to an activating group) is 1. The minimum Gasteiger partial charge on any atom is -0.507 e. The molecule has 8 unspecified atom stereocenters. The molecule has 2 heterocycles. The summed E-state index contributed by atoms with van der Waals surface area (Å²) >= 11 is 0. The average Bonchev–Trinajstić information content (AvgIpc) is 2.85. The molecule has 17 N–H and O–H groups in total. The van der Waals surface area contributed by atoms with E-state index in [9.17, 15) is 25.5 Å². The van der Waals surface area contributed by atoms with Gasteiger partial charge in [-0.2, -0.15) is 0 Å². The van der Waals surface area contributed by atoms with Gasteiger partial charge in [-0.1, -0.05) is 0 Å². The van der Waals surface area contributed by atoms with Gasteiger partial charge in [-0.15, -0.1) is 0 Å². The normalized spacial score (nSPS) is 45.0. The third kappa shape index (κ3) is 6.51. The van der Waals surface area contributed by atoms with Crippen LogP contribution in [0.15, 0.2) is 11.5 Å². The van der Waals surface area contributed by atoms with Gasteiger partial charge in [0.2, 0.25) is 6.29 Å². The zero-order chi connectivity index (χ0) is 27.6. The molecule has 37 heavy (non-hydrogen) atoms. The van der Waals surface area contributed by atoms with E-state index in [-0.39, 0.29) is 25.9 Å². The molecule has 0 radical (unpaired) electrons. The number of hydrogen-bond donors (Lipinski definition) is 12. The lowest BCUT2D eigenvalue weighted by molar-refractivity contribution is -0.345. The fraction of sp³-hybridized carbons (Fsp3) is 0.905. The molecule has 0 aromatic rings. The predicted molar refractivity (Wildman–Crippen MR) is 127 cm³/mol. The van der Waals surface area contributed by atoms with E-state index in [2.05, 4.69) is 5.32 Å². The monoisotopic (exact) mass is 538 g/mol. The second-order valence-electron chi connectivity index (χ2n) is 9.83. The molecule has 0 amide bonds. The highest BCUT2D eigenvalue weighted by Crippen LogP contribution is 2.34. The summed E-state index contributed by atoms with van der Waals surface area (Å²) in [5.41, 5.74) is 30.0. The van der Waals surface area contributed by atoms with Gasteiger partial charge in [0.1, 0.15) is 12.2 Å². The molecule has 0 aromatic carbocycles. The van der Waals surface area contributed by atoms with E-state index in [1.165, 1.54) is 7.05 Å². The lowest BCUT2D eigenvalue weighted by Gasteiger charge is -2.50. The number of nitrogens with one attached hydrogen (secondary N) is 1. The van der Waals surface area contributed by atoms with Crippen LogP contribution in [0.1, 0.15) is 19.3 Å². The molecule has 16 heteroatoms. The lowest BCUT2D eigenvalue weighted by atomic mass is 9.83. The van der Waals surface area contributed by atoms with Crippen LogP contribution in [0.3, 0.4) is 0 Å². The zero-order valence-corrected chi connectivity index (χ0v) is 20.6. The Balaban J connectivity index is 1.69. The Labute approximate surface area is 214 Å². The van der Waals surface area contributed by atoms with Gasteiger partial charge in [0.05, 0.1) is 42.5 Å². The van der Waals surface area contributed by atoms with Crippen molar-refractivity contribution in [3.05, 3.63) is 11.5 Å². The second-order valence-corrected chi connectivity index (χ2v) is 9.83. The van der Waals surface area contributed by atoms with E-state index >= 15 is 0 Å². The number of aliphatic hydroxyl groups excluding tert-OH is 6. The van der Waals surface area contributed by atoms with Crippen molar-refractivity contribution in [1.29, 1.82) is 0 Å². The minimum atomic E-state index is -2.05. The molecule has 0 bridgehead atoms. The van der Waals surface area contributed by atoms with Gasteiger partial charge in [0.15, 0.2) is 24.1 Å². The van der Waals surface area contributed by atoms with E-state index in [4.69, 9.17) is 52.7 Å². The van der Waals surface area contributed by atoms with Gasteiger partial charge in [-0.25, -0.2) is 0 Å². The Morgan fingerprint density at radius 1 is 0.973 bits per heavy atom. The Bertz CT molecular complexity index is 780. The maximum atomic E-state index is 11.0. The van der Waals surface area contributed by atoms with E-state index in [0.717, 1.165) is 0 Å². The highest BCUT2D eigenvalue weighted by molar-refractivity contribution is 5.08. The average molecular weight is 539 g/mol. The Kier molecular flexibility index (Phi) is 10.5. The molecule has 216 valence electrons. The summed E-state index contributed by atoms with van der Waals surface area (Å²) in [4.78, 5) is 0. The fourth-order valence-electron chi connectivity index (χ4n) is 4.95. The van der Waals surface area contributed by atoms with Crippen LogP contribution in [0.4, 0.5) is 0 Å². The quantitative estimate of drug-likeness (QED) is 0.0962. The highest BCUT2D eigenvalue weighted by atomic mass is 16.8. The number of rotatable bonds is 9. The summed E-state index contributed by atoms with van der Waals surface area (Å²) in [6.45, 7) is -0.351. The predicted octanol–water partition coefficient (Wildman–Crippen LogP) is -5.39. The first kappa shape index (κ1) is 30.3. The van der Waals surface area contributed by atoms with E-state index < -0.39 is 97.2 Å². The minimum absolute atomic E-state index is 0.0644. The highest BCUT2D eigenvalue weighted by Gasteiger charge is 2.52. The number of aliphatic hydroxyl groups is 6. The van der Waals surface area contributed by atoms with Crippen molar-refractivity contribution < 1.29 is 49.6 Å². The topological polar surface area (TPSA) is 300 Å². The van der Waals surface area contributed by atoms with Crippen molar-refractivity contribution in [1.82, 2.24) is 5.32 Å². The third-order valence-electron chi connectivity index (χ3n) is 7.17. The molecule has 2 aliphatic heterocycles. The first-order chi connectivity index (χ1) is 17.4. The van der Waals surface area contributed by atoms with Crippen molar-refractivity contribution in [2.45, 2.75) is 105 Å². The van der Waals surface area contributed by atoms with Crippen LogP contribution in [0.2, 0.25) is 0 Å².